The number of rotatable bonds is 5. The van der Waals surface area contributed by atoms with Gasteiger partial charge in [-0.25, -0.2) is 0 Å². The Bertz CT molecular complexity index is 753. The Morgan fingerprint density at radius 2 is 2.40 bits per heavy atom. The van der Waals surface area contributed by atoms with Crippen LogP contribution in [0.4, 0.5) is 5.13 Å². The van der Waals surface area contributed by atoms with Gasteiger partial charge in [-0.1, -0.05) is 17.4 Å². The molecule has 4 rings (SSSR count). The minimum atomic E-state index is -0.131. The van der Waals surface area contributed by atoms with Gasteiger partial charge in [0, 0.05) is 37.0 Å². The van der Waals surface area contributed by atoms with Gasteiger partial charge in [0.1, 0.15) is 5.01 Å². The van der Waals surface area contributed by atoms with Crippen molar-refractivity contribution in [2.45, 2.75) is 19.9 Å². The summed E-state index contributed by atoms with van der Waals surface area (Å²) < 4.78 is 5.72. The Morgan fingerprint density at radius 3 is 3.16 bits per heavy atom. The molecule has 2 aromatic rings. The Kier molecular flexibility index (Phi) is 4.39. The quantitative estimate of drug-likeness (QED) is 0.869. The Labute approximate surface area is 150 Å². The van der Waals surface area contributed by atoms with E-state index in [1.165, 1.54) is 0 Å². The van der Waals surface area contributed by atoms with Gasteiger partial charge in [-0.2, -0.15) is 0 Å². The lowest BCUT2D eigenvalue weighted by atomic mass is 9.78. The monoisotopic (exact) mass is 359 g/mol. The van der Waals surface area contributed by atoms with Gasteiger partial charge in [-0.3, -0.25) is 9.78 Å². The first-order chi connectivity index (χ1) is 12.1. The van der Waals surface area contributed by atoms with Gasteiger partial charge in [0.15, 0.2) is 0 Å². The molecule has 2 atom stereocenters. The second-order valence-electron chi connectivity index (χ2n) is 6.83. The Hall–Kier alpha value is -2.06. The number of carbonyl (C=O) groups is 1. The molecule has 0 bridgehead atoms. The number of hydrogen-bond acceptors (Lipinski definition) is 7. The molecule has 8 heteroatoms. The van der Waals surface area contributed by atoms with Crippen molar-refractivity contribution in [1.29, 1.82) is 0 Å². The van der Waals surface area contributed by atoms with Crippen molar-refractivity contribution in [3.63, 3.8) is 0 Å². The van der Waals surface area contributed by atoms with E-state index >= 15 is 0 Å². The highest BCUT2D eigenvalue weighted by atomic mass is 32.1. The molecule has 0 saturated carbocycles. The zero-order chi connectivity index (χ0) is 17.3. The third-order valence-electron chi connectivity index (χ3n) is 5.01. The summed E-state index contributed by atoms with van der Waals surface area (Å²) in [6.07, 6.45) is 2.21. The molecular weight excluding hydrogens is 338 g/mol. The van der Waals surface area contributed by atoms with Crippen LogP contribution in [0, 0.1) is 18.3 Å². The number of hydrogen-bond donors (Lipinski definition) is 1. The first-order valence-corrected chi connectivity index (χ1v) is 9.26. The van der Waals surface area contributed by atoms with Crippen LogP contribution in [0.3, 0.4) is 0 Å². The highest BCUT2D eigenvalue weighted by molar-refractivity contribution is 7.15. The predicted octanol–water partition coefficient (Wildman–Crippen LogP) is 1.40. The van der Waals surface area contributed by atoms with Crippen LogP contribution in [0.5, 0.6) is 0 Å². The molecule has 25 heavy (non-hydrogen) atoms. The summed E-state index contributed by atoms with van der Waals surface area (Å²) >= 11 is 1.60. The molecule has 2 aliphatic rings. The predicted molar refractivity (Wildman–Crippen MR) is 94.3 cm³/mol. The van der Waals surface area contributed by atoms with Crippen molar-refractivity contribution < 1.29 is 9.53 Å². The second-order valence-corrected chi connectivity index (χ2v) is 7.99. The van der Waals surface area contributed by atoms with E-state index in [0.717, 1.165) is 28.9 Å². The molecule has 1 amide bonds. The SMILES string of the molecule is Cc1nnc(N2C[C@@H]3COC[C@]3(CC(=O)NCc3ccccn3)C2)s1. The first-order valence-electron chi connectivity index (χ1n) is 8.44. The van der Waals surface area contributed by atoms with Crippen molar-refractivity contribution in [3.8, 4) is 0 Å². The number of aryl methyl sites for hydroxylation is 1. The summed E-state index contributed by atoms with van der Waals surface area (Å²) in [6.45, 7) is 5.43. The Balaban J connectivity index is 1.40. The lowest BCUT2D eigenvalue weighted by Gasteiger charge is -2.26. The molecule has 2 saturated heterocycles. The van der Waals surface area contributed by atoms with Crippen LogP contribution >= 0.6 is 11.3 Å². The summed E-state index contributed by atoms with van der Waals surface area (Å²) in [7, 11) is 0. The van der Waals surface area contributed by atoms with Crippen molar-refractivity contribution in [1.82, 2.24) is 20.5 Å². The fraction of sp³-hybridized carbons (Fsp3) is 0.529. The molecule has 1 N–H and O–H groups in total. The standard InChI is InChI=1S/C17H21N5O2S/c1-12-20-21-16(25-12)22-8-13-9-24-11-17(13,10-22)6-15(23)19-7-14-4-2-3-5-18-14/h2-5,13H,6-11H2,1H3,(H,19,23)/t13-,17+/m1/s1. The molecule has 0 unspecified atom stereocenters. The zero-order valence-electron chi connectivity index (χ0n) is 14.1. The number of fused-ring (bicyclic) bond motifs is 1. The van der Waals surface area contributed by atoms with Crippen LogP contribution in [-0.2, 0) is 16.1 Å². The molecular formula is C17H21N5O2S. The number of pyridine rings is 1. The van der Waals surface area contributed by atoms with Crippen LogP contribution < -0.4 is 10.2 Å². The van der Waals surface area contributed by atoms with Crippen molar-refractivity contribution in [3.05, 3.63) is 35.1 Å². The smallest absolute Gasteiger partial charge is 0.221 e. The topological polar surface area (TPSA) is 80.2 Å². The van der Waals surface area contributed by atoms with Crippen molar-refractivity contribution in [2.24, 2.45) is 11.3 Å². The lowest BCUT2D eigenvalue weighted by Crippen LogP contribution is -2.37. The molecule has 7 nitrogen and oxygen atoms in total. The van der Waals surface area contributed by atoms with E-state index < -0.39 is 0 Å². The molecule has 0 spiro atoms. The molecule has 0 aliphatic carbocycles. The average molecular weight is 359 g/mol. The maximum absolute atomic E-state index is 12.5. The minimum absolute atomic E-state index is 0.0523. The highest BCUT2D eigenvalue weighted by Gasteiger charge is 2.52. The number of amides is 1. The van der Waals surface area contributed by atoms with Gasteiger partial charge in [0.25, 0.3) is 0 Å². The first kappa shape index (κ1) is 16.4. The number of nitrogens with zero attached hydrogens (tertiary/aromatic N) is 4. The van der Waals surface area contributed by atoms with E-state index in [-0.39, 0.29) is 11.3 Å². The van der Waals surface area contributed by atoms with E-state index in [2.05, 4.69) is 25.4 Å². The van der Waals surface area contributed by atoms with E-state index in [1.54, 1.807) is 17.5 Å². The van der Waals surface area contributed by atoms with E-state index in [4.69, 9.17) is 4.74 Å². The van der Waals surface area contributed by atoms with Crippen molar-refractivity contribution >= 4 is 22.4 Å². The van der Waals surface area contributed by atoms with Crippen LogP contribution in [-0.4, -0.2) is 47.4 Å². The van der Waals surface area contributed by atoms with Crippen molar-refractivity contribution in [2.75, 3.05) is 31.2 Å². The minimum Gasteiger partial charge on any atom is -0.380 e. The van der Waals surface area contributed by atoms with Gasteiger partial charge in [-0.05, 0) is 19.1 Å². The normalized spacial score (nSPS) is 25.2. The summed E-state index contributed by atoms with van der Waals surface area (Å²) in [6, 6.07) is 5.70. The summed E-state index contributed by atoms with van der Waals surface area (Å²) in [5, 5.41) is 13.3. The van der Waals surface area contributed by atoms with Crippen LogP contribution in [0.1, 0.15) is 17.1 Å². The fourth-order valence-electron chi connectivity index (χ4n) is 3.72. The highest BCUT2D eigenvalue weighted by Crippen LogP contribution is 2.45. The molecule has 2 aromatic heterocycles. The third kappa shape index (κ3) is 3.36. The van der Waals surface area contributed by atoms with Gasteiger partial charge in [0.05, 0.1) is 25.5 Å². The number of nitrogens with one attached hydrogen (secondary N) is 1. The van der Waals surface area contributed by atoms with E-state index in [0.29, 0.717) is 32.1 Å². The molecule has 132 valence electrons. The van der Waals surface area contributed by atoms with Gasteiger partial charge in [-0.15, -0.1) is 10.2 Å². The maximum Gasteiger partial charge on any atom is 0.221 e. The molecule has 2 fully saturated rings. The van der Waals surface area contributed by atoms with E-state index in [9.17, 15) is 4.79 Å². The average Bonchev–Trinajstić information content (AvgIpc) is 3.27. The van der Waals surface area contributed by atoms with Gasteiger partial charge >= 0.3 is 0 Å². The van der Waals surface area contributed by atoms with Gasteiger partial charge < -0.3 is 15.0 Å². The summed E-state index contributed by atoms with van der Waals surface area (Å²) in [5.41, 5.74) is 0.735. The third-order valence-corrected chi connectivity index (χ3v) is 5.91. The number of ether oxygens (including phenoxy) is 1. The fourth-order valence-corrected chi connectivity index (χ4v) is 4.41. The number of anilines is 1. The number of carbonyl (C=O) groups excluding carboxylic acids is 1. The largest absolute Gasteiger partial charge is 0.380 e. The summed E-state index contributed by atoms with van der Waals surface area (Å²) in [4.78, 5) is 19.0. The number of aromatic nitrogens is 3. The van der Waals surface area contributed by atoms with Crippen LogP contribution in [0.25, 0.3) is 0 Å². The molecule has 0 aromatic carbocycles. The van der Waals surface area contributed by atoms with Gasteiger partial charge in [0.2, 0.25) is 11.0 Å². The lowest BCUT2D eigenvalue weighted by molar-refractivity contribution is -0.123. The second kappa shape index (κ2) is 6.68. The molecule has 2 aliphatic heterocycles. The summed E-state index contributed by atoms with van der Waals surface area (Å²) in [5.74, 6) is 0.411. The Morgan fingerprint density at radius 1 is 1.48 bits per heavy atom. The van der Waals surface area contributed by atoms with E-state index in [1.807, 2.05) is 25.1 Å². The maximum atomic E-state index is 12.5. The molecule has 4 heterocycles. The van der Waals surface area contributed by atoms with Crippen LogP contribution in [0.2, 0.25) is 0 Å². The zero-order valence-corrected chi connectivity index (χ0v) is 15.0. The van der Waals surface area contributed by atoms with Crippen LogP contribution in [0.15, 0.2) is 24.4 Å². The molecule has 0 radical (unpaired) electrons.